The Labute approximate surface area is 194 Å². The van der Waals surface area contributed by atoms with Crippen LogP contribution in [0.15, 0.2) is 59.5 Å². The SMILES string of the molecule is CCc1ccc(N[C@H]2NC(=O)/C(=C/c3cc(C)n(-c4ccc(N(C)C)cc4)c3C)S2)cc1. The normalized spacial score (nSPS) is 17.0. The first-order valence-corrected chi connectivity index (χ1v) is 11.7. The van der Waals surface area contributed by atoms with Crippen molar-refractivity contribution in [3.8, 4) is 5.69 Å². The van der Waals surface area contributed by atoms with Crippen LogP contribution in [0.1, 0.15) is 29.4 Å². The Morgan fingerprint density at radius 2 is 1.78 bits per heavy atom. The lowest BCUT2D eigenvalue weighted by Crippen LogP contribution is -2.30. The van der Waals surface area contributed by atoms with Crippen LogP contribution in [0.5, 0.6) is 0 Å². The number of thioether (sulfide) groups is 1. The zero-order valence-electron chi connectivity index (χ0n) is 19.3. The van der Waals surface area contributed by atoms with E-state index in [1.165, 1.54) is 23.0 Å². The number of anilines is 2. The molecule has 0 aliphatic carbocycles. The summed E-state index contributed by atoms with van der Waals surface area (Å²) in [6.45, 7) is 6.34. The molecule has 1 amide bonds. The van der Waals surface area contributed by atoms with E-state index < -0.39 is 0 Å². The van der Waals surface area contributed by atoms with E-state index in [-0.39, 0.29) is 11.4 Å². The molecule has 2 N–H and O–H groups in total. The number of nitrogens with zero attached hydrogens (tertiary/aromatic N) is 2. The van der Waals surface area contributed by atoms with Gasteiger partial charge in [-0.2, -0.15) is 0 Å². The fourth-order valence-corrected chi connectivity index (χ4v) is 4.90. The molecule has 1 atom stereocenters. The molecule has 166 valence electrons. The van der Waals surface area contributed by atoms with E-state index in [2.05, 4.69) is 95.5 Å². The Kier molecular flexibility index (Phi) is 6.33. The lowest BCUT2D eigenvalue weighted by Gasteiger charge is -2.15. The molecule has 5 nitrogen and oxygen atoms in total. The quantitative estimate of drug-likeness (QED) is 0.503. The molecular weight excluding hydrogens is 416 g/mol. The van der Waals surface area contributed by atoms with Gasteiger partial charge in [0.15, 0.2) is 5.50 Å². The Bertz CT molecular complexity index is 1140. The average molecular weight is 447 g/mol. The van der Waals surface area contributed by atoms with Crippen LogP contribution in [-0.2, 0) is 11.2 Å². The summed E-state index contributed by atoms with van der Waals surface area (Å²) in [6, 6.07) is 19.0. The summed E-state index contributed by atoms with van der Waals surface area (Å²) in [4.78, 5) is 15.4. The number of amides is 1. The zero-order valence-corrected chi connectivity index (χ0v) is 20.1. The van der Waals surface area contributed by atoms with Crippen molar-refractivity contribution in [1.29, 1.82) is 0 Å². The molecule has 1 saturated heterocycles. The first-order valence-electron chi connectivity index (χ1n) is 10.9. The molecule has 0 bridgehead atoms. The average Bonchev–Trinajstić information content (AvgIpc) is 3.26. The van der Waals surface area contributed by atoms with Gasteiger partial charge in [0, 0.05) is 42.5 Å². The van der Waals surface area contributed by atoms with E-state index in [1.807, 2.05) is 20.2 Å². The van der Waals surface area contributed by atoms with Gasteiger partial charge in [0.25, 0.3) is 5.91 Å². The van der Waals surface area contributed by atoms with Crippen molar-refractivity contribution in [2.45, 2.75) is 32.7 Å². The van der Waals surface area contributed by atoms with Crippen LogP contribution in [0.4, 0.5) is 11.4 Å². The van der Waals surface area contributed by atoms with Crippen LogP contribution >= 0.6 is 11.8 Å². The van der Waals surface area contributed by atoms with E-state index >= 15 is 0 Å². The van der Waals surface area contributed by atoms with Gasteiger partial charge < -0.3 is 20.1 Å². The molecule has 0 radical (unpaired) electrons. The second-order valence-corrected chi connectivity index (χ2v) is 9.39. The minimum atomic E-state index is -0.178. The molecule has 1 aliphatic rings. The smallest absolute Gasteiger partial charge is 0.260 e. The number of rotatable bonds is 6. The van der Waals surface area contributed by atoms with Gasteiger partial charge in [-0.1, -0.05) is 30.8 Å². The summed E-state index contributed by atoms with van der Waals surface area (Å²) in [6.07, 6.45) is 3.01. The number of aromatic nitrogens is 1. The lowest BCUT2D eigenvalue weighted by atomic mass is 10.1. The summed E-state index contributed by atoms with van der Waals surface area (Å²) in [7, 11) is 4.08. The van der Waals surface area contributed by atoms with Crippen molar-refractivity contribution < 1.29 is 4.79 Å². The minimum absolute atomic E-state index is 0.0437. The fourth-order valence-electron chi connectivity index (χ4n) is 3.93. The van der Waals surface area contributed by atoms with Gasteiger partial charge in [-0.3, -0.25) is 4.79 Å². The second kappa shape index (κ2) is 9.17. The second-order valence-electron chi connectivity index (χ2n) is 8.25. The highest BCUT2D eigenvalue weighted by Gasteiger charge is 2.27. The molecule has 1 fully saturated rings. The molecule has 2 aromatic carbocycles. The largest absolute Gasteiger partial charge is 0.378 e. The summed E-state index contributed by atoms with van der Waals surface area (Å²) in [5, 5.41) is 6.41. The van der Waals surface area contributed by atoms with E-state index in [0.717, 1.165) is 39.7 Å². The van der Waals surface area contributed by atoms with E-state index in [4.69, 9.17) is 0 Å². The molecule has 32 heavy (non-hydrogen) atoms. The monoisotopic (exact) mass is 446 g/mol. The third-order valence-corrected chi connectivity index (χ3v) is 6.80. The van der Waals surface area contributed by atoms with Gasteiger partial charge >= 0.3 is 0 Å². The Morgan fingerprint density at radius 1 is 1.09 bits per heavy atom. The predicted octanol–water partition coefficient (Wildman–Crippen LogP) is 5.32. The van der Waals surface area contributed by atoms with Crippen molar-refractivity contribution in [1.82, 2.24) is 9.88 Å². The minimum Gasteiger partial charge on any atom is -0.378 e. The topological polar surface area (TPSA) is 49.3 Å². The molecule has 1 aromatic heterocycles. The third kappa shape index (κ3) is 4.55. The highest BCUT2D eigenvalue weighted by Crippen LogP contribution is 2.32. The number of carbonyl (C=O) groups excluding carboxylic acids is 1. The lowest BCUT2D eigenvalue weighted by molar-refractivity contribution is -0.116. The summed E-state index contributed by atoms with van der Waals surface area (Å²) in [5.74, 6) is -0.0437. The molecule has 0 saturated carbocycles. The van der Waals surface area contributed by atoms with Crippen molar-refractivity contribution >= 4 is 35.1 Å². The van der Waals surface area contributed by atoms with E-state index in [0.29, 0.717) is 0 Å². The third-order valence-electron chi connectivity index (χ3n) is 5.77. The van der Waals surface area contributed by atoms with Crippen LogP contribution in [0.2, 0.25) is 0 Å². The van der Waals surface area contributed by atoms with Crippen LogP contribution in [0, 0.1) is 13.8 Å². The van der Waals surface area contributed by atoms with Crippen molar-refractivity contribution in [2.24, 2.45) is 0 Å². The summed E-state index contributed by atoms with van der Waals surface area (Å²) >= 11 is 1.52. The highest BCUT2D eigenvalue weighted by atomic mass is 32.2. The van der Waals surface area contributed by atoms with Crippen molar-refractivity contribution in [2.75, 3.05) is 24.3 Å². The van der Waals surface area contributed by atoms with Crippen LogP contribution in [0.25, 0.3) is 11.8 Å². The van der Waals surface area contributed by atoms with E-state index in [9.17, 15) is 4.79 Å². The van der Waals surface area contributed by atoms with Gasteiger partial charge in [-0.05, 0) is 79.9 Å². The molecule has 0 unspecified atom stereocenters. The molecule has 1 aliphatic heterocycles. The number of benzene rings is 2. The van der Waals surface area contributed by atoms with Crippen LogP contribution in [-0.4, -0.2) is 30.1 Å². The van der Waals surface area contributed by atoms with Gasteiger partial charge in [0.1, 0.15) is 0 Å². The van der Waals surface area contributed by atoms with Gasteiger partial charge in [0.05, 0.1) is 4.91 Å². The first kappa shape index (κ1) is 22.1. The van der Waals surface area contributed by atoms with Crippen molar-refractivity contribution in [3.05, 3.63) is 82.0 Å². The zero-order chi connectivity index (χ0) is 22.8. The number of hydrogen-bond acceptors (Lipinski definition) is 4. The number of aryl methyl sites for hydroxylation is 2. The molecule has 2 heterocycles. The molecule has 3 aromatic rings. The summed E-state index contributed by atoms with van der Waals surface area (Å²) < 4.78 is 2.23. The van der Waals surface area contributed by atoms with Crippen LogP contribution in [0.3, 0.4) is 0 Å². The van der Waals surface area contributed by atoms with Crippen LogP contribution < -0.4 is 15.5 Å². The molecule has 6 heteroatoms. The number of carbonyl (C=O) groups is 1. The Hall–Kier alpha value is -3.12. The van der Waals surface area contributed by atoms with Crippen molar-refractivity contribution in [3.63, 3.8) is 0 Å². The number of hydrogen-bond donors (Lipinski definition) is 2. The predicted molar refractivity (Wildman–Crippen MR) is 137 cm³/mol. The first-order chi connectivity index (χ1) is 15.4. The maximum absolute atomic E-state index is 12.6. The van der Waals surface area contributed by atoms with Gasteiger partial charge in [-0.15, -0.1) is 0 Å². The molecular formula is C26H30N4OS. The summed E-state index contributed by atoms with van der Waals surface area (Å²) in [5.41, 5.74) is 7.72. The highest BCUT2D eigenvalue weighted by molar-refractivity contribution is 8.05. The van der Waals surface area contributed by atoms with Gasteiger partial charge in [0.2, 0.25) is 0 Å². The fraction of sp³-hybridized carbons (Fsp3) is 0.269. The molecule has 4 rings (SSSR count). The Balaban J connectivity index is 1.53. The number of nitrogens with one attached hydrogen (secondary N) is 2. The Morgan fingerprint density at radius 3 is 2.41 bits per heavy atom. The molecule has 0 spiro atoms. The maximum Gasteiger partial charge on any atom is 0.260 e. The van der Waals surface area contributed by atoms with E-state index in [1.54, 1.807) is 0 Å². The maximum atomic E-state index is 12.6. The van der Waals surface area contributed by atoms with Gasteiger partial charge in [-0.25, -0.2) is 0 Å². The standard InChI is InChI=1S/C26H30N4OS/c1-6-19-7-9-21(10-8-19)27-26-28-25(31)24(32-26)16-20-15-17(2)30(18(20)3)23-13-11-22(12-14-23)29(4)5/h7-16,26-27H,6H2,1-5H3,(H,28,31)/b24-16-/t26-/m0/s1.